The quantitative estimate of drug-likeness (QED) is 0.284. The first kappa shape index (κ1) is 20.4. The average molecular weight is 315 g/mol. The van der Waals surface area contributed by atoms with E-state index in [0.29, 0.717) is 6.42 Å². The molecule has 0 rings (SSSR count). The number of guanidine groups is 1. The van der Waals surface area contributed by atoms with Crippen LogP contribution in [0.15, 0.2) is 4.99 Å². The van der Waals surface area contributed by atoms with E-state index >= 15 is 0 Å². The zero-order valence-electron chi connectivity index (χ0n) is 13.5. The fourth-order valence-corrected chi connectivity index (χ4v) is 2.00. The van der Waals surface area contributed by atoms with E-state index < -0.39 is 5.97 Å². The van der Waals surface area contributed by atoms with E-state index in [1.807, 2.05) is 0 Å². The molecule has 0 aromatic rings. The third kappa shape index (κ3) is 12.1. The van der Waals surface area contributed by atoms with Gasteiger partial charge in [-0.2, -0.15) is 4.99 Å². The maximum atomic E-state index is 11.6. The summed E-state index contributed by atoms with van der Waals surface area (Å²) in [5.41, 5.74) is 5.55. The Morgan fingerprint density at radius 3 is 2.00 bits per heavy atom. The summed E-state index contributed by atoms with van der Waals surface area (Å²) in [4.78, 5) is 27.0. The number of likely N-dealkylation sites (N-methyl/N-ethyl adjacent to an activating group) is 1. The van der Waals surface area contributed by atoms with E-state index in [1.54, 1.807) is 0 Å². The molecule has 0 aromatic carbocycles. The number of hydrogen-bond acceptors (Lipinski definition) is 3. The van der Waals surface area contributed by atoms with E-state index in [1.165, 1.54) is 18.4 Å². The lowest BCUT2D eigenvalue weighted by Crippen LogP contribution is -2.38. The molecule has 4 N–H and O–H groups in total. The Balaban J connectivity index is 3.66. The van der Waals surface area contributed by atoms with E-state index in [-0.39, 0.29) is 25.0 Å². The second-order valence-corrected chi connectivity index (χ2v) is 5.42. The Labute approximate surface area is 132 Å². The number of amides is 1. The van der Waals surface area contributed by atoms with Crippen LogP contribution in [0.3, 0.4) is 0 Å². The minimum Gasteiger partial charge on any atom is -0.480 e. The maximum absolute atomic E-state index is 11.6. The molecule has 0 aromatic heterocycles. The van der Waals surface area contributed by atoms with E-state index in [9.17, 15) is 9.59 Å². The predicted octanol–water partition coefficient (Wildman–Crippen LogP) is 1.35. The van der Waals surface area contributed by atoms with Crippen molar-refractivity contribution in [3.8, 4) is 0 Å². The van der Waals surface area contributed by atoms with Gasteiger partial charge in [-0.15, -0.1) is 0 Å². The molecule has 0 radical (unpaired) electrons. The number of nitrogens with two attached hydrogens (primary N) is 1. The summed E-state index contributed by atoms with van der Waals surface area (Å²) < 4.78 is 0. The molecule has 1 amide bonds. The van der Waals surface area contributed by atoms with Gasteiger partial charge in [0.2, 0.25) is 5.91 Å². The topological polar surface area (TPSA) is 116 Å². The minimum atomic E-state index is -1.02. The molecular formula is C15H29N3O4. The summed E-state index contributed by atoms with van der Waals surface area (Å²) in [7, 11) is 1.48. The Bertz CT molecular complexity index is 359. The highest BCUT2D eigenvalue weighted by Gasteiger charge is 2.08. The second-order valence-electron chi connectivity index (χ2n) is 5.42. The molecule has 0 heterocycles. The van der Waals surface area contributed by atoms with Crippen molar-refractivity contribution in [3.05, 3.63) is 0 Å². The Kier molecular flexibility index (Phi) is 12.1. The molecule has 7 heteroatoms. The SMILES string of the molecule is CN(CC(=O)O)C(N)=NC(=O)CCCCCCCCCCO. The number of aliphatic hydroxyl groups excluding tert-OH is 1. The van der Waals surface area contributed by atoms with E-state index in [2.05, 4.69) is 4.99 Å². The van der Waals surface area contributed by atoms with Gasteiger partial charge >= 0.3 is 5.97 Å². The van der Waals surface area contributed by atoms with Gasteiger partial charge in [0.25, 0.3) is 0 Å². The highest BCUT2D eigenvalue weighted by molar-refractivity contribution is 5.93. The zero-order valence-corrected chi connectivity index (χ0v) is 13.5. The predicted molar refractivity (Wildman–Crippen MR) is 85.5 cm³/mol. The third-order valence-corrected chi connectivity index (χ3v) is 3.30. The molecule has 22 heavy (non-hydrogen) atoms. The van der Waals surface area contributed by atoms with Crippen molar-refractivity contribution >= 4 is 17.8 Å². The Morgan fingerprint density at radius 2 is 1.50 bits per heavy atom. The van der Waals surface area contributed by atoms with Crippen molar-refractivity contribution in [3.63, 3.8) is 0 Å². The highest BCUT2D eigenvalue weighted by atomic mass is 16.4. The molecule has 128 valence electrons. The number of aliphatic imine (C=N–C) groups is 1. The monoisotopic (exact) mass is 315 g/mol. The molecule has 0 aliphatic heterocycles. The summed E-state index contributed by atoms with van der Waals surface area (Å²) >= 11 is 0. The number of rotatable bonds is 12. The minimum absolute atomic E-state index is 0.0590. The fourth-order valence-electron chi connectivity index (χ4n) is 2.00. The molecule has 0 bridgehead atoms. The standard InChI is InChI=1S/C15H29N3O4/c1-18(12-14(21)22)15(16)17-13(20)10-8-6-4-2-3-5-7-9-11-19/h19H,2-12H2,1H3,(H,21,22)(H2,16,17,20). The van der Waals surface area contributed by atoms with Crippen LogP contribution in [0, 0.1) is 0 Å². The number of carbonyl (C=O) groups is 2. The lowest BCUT2D eigenvalue weighted by molar-refractivity contribution is -0.137. The molecule has 0 saturated carbocycles. The van der Waals surface area contributed by atoms with Crippen LogP contribution < -0.4 is 5.73 Å². The first-order valence-electron chi connectivity index (χ1n) is 7.88. The molecule has 0 spiro atoms. The van der Waals surface area contributed by atoms with E-state index in [4.69, 9.17) is 15.9 Å². The lowest BCUT2D eigenvalue weighted by atomic mass is 10.1. The Morgan fingerprint density at radius 1 is 1.00 bits per heavy atom. The van der Waals surface area contributed by atoms with Crippen molar-refractivity contribution in [2.45, 2.75) is 57.8 Å². The van der Waals surface area contributed by atoms with Gasteiger partial charge in [0, 0.05) is 20.1 Å². The van der Waals surface area contributed by atoms with Gasteiger partial charge in [0.05, 0.1) is 0 Å². The number of nitrogens with zero attached hydrogens (tertiary/aromatic N) is 2. The van der Waals surface area contributed by atoms with Gasteiger partial charge in [-0.25, -0.2) is 0 Å². The van der Waals surface area contributed by atoms with E-state index in [0.717, 1.165) is 44.9 Å². The van der Waals surface area contributed by atoms with Crippen LogP contribution in [0.5, 0.6) is 0 Å². The number of carbonyl (C=O) groups excluding carboxylic acids is 1. The summed E-state index contributed by atoms with van der Waals surface area (Å²) in [5, 5.41) is 17.3. The third-order valence-electron chi connectivity index (χ3n) is 3.30. The number of aliphatic hydroxyl groups is 1. The lowest BCUT2D eigenvalue weighted by Gasteiger charge is -2.14. The molecule has 0 saturated heterocycles. The molecule has 0 atom stereocenters. The van der Waals surface area contributed by atoms with Gasteiger partial charge in [0.1, 0.15) is 6.54 Å². The molecular weight excluding hydrogens is 286 g/mol. The molecule has 7 nitrogen and oxygen atoms in total. The van der Waals surface area contributed by atoms with Crippen LogP contribution in [0.2, 0.25) is 0 Å². The van der Waals surface area contributed by atoms with Gasteiger partial charge < -0.3 is 20.8 Å². The van der Waals surface area contributed by atoms with Gasteiger partial charge in [0.15, 0.2) is 5.96 Å². The van der Waals surface area contributed by atoms with Crippen LogP contribution in [-0.2, 0) is 9.59 Å². The first-order chi connectivity index (χ1) is 10.5. The molecule has 0 unspecified atom stereocenters. The number of carboxylic acids is 1. The summed E-state index contributed by atoms with van der Waals surface area (Å²) in [6.45, 7) is -0.00763. The van der Waals surface area contributed by atoms with Crippen LogP contribution in [0.1, 0.15) is 57.8 Å². The van der Waals surface area contributed by atoms with Crippen molar-refractivity contribution in [2.24, 2.45) is 10.7 Å². The Hall–Kier alpha value is -1.63. The van der Waals surface area contributed by atoms with Crippen molar-refractivity contribution in [1.82, 2.24) is 4.90 Å². The number of carboxylic acid groups (broad SMARTS) is 1. The van der Waals surface area contributed by atoms with Crippen molar-refractivity contribution in [2.75, 3.05) is 20.2 Å². The van der Waals surface area contributed by atoms with Crippen LogP contribution in [-0.4, -0.2) is 53.1 Å². The van der Waals surface area contributed by atoms with Crippen molar-refractivity contribution < 1.29 is 19.8 Å². The maximum Gasteiger partial charge on any atom is 0.323 e. The summed E-state index contributed by atoms with van der Waals surface area (Å²) in [5.74, 6) is -1.39. The number of hydrogen-bond donors (Lipinski definition) is 3. The summed E-state index contributed by atoms with van der Waals surface area (Å²) in [6, 6.07) is 0. The molecule has 0 aliphatic carbocycles. The van der Waals surface area contributed by atoms with Crippen LogP contribution >= 0.6 is 0 Å². The van der Waals surface area contributed by atoms with Gasteiger partial charge in [-0.05, 0) is 12.8 Å². The van der Waals surface area contributed by atoms with Crippen LogP contribution in [0.4, 0.5) is 0 Å². The average Bonchev–Trinajstić information content (AvgIpc) is 2.44. The highest BCUT2D eigenvalue weighted by Crippen LogP contribution is 2.09. The van der Waals surface area contributed by atoms with Crippen molar-refractivity contribution in [1.29, 1.82) is 0 Å². The number of aliphatic carboxylic acids is 1. The fraction of sp³-hybridized carbons (Fsp3) is 0.800. The van der Waals surface area contributed by atoms with Crippen LogP contribution in [0.25, 0.3) is 0 Å². The smallest absolute Gasteiger partial charge is 0.323 e. The van der Waals surface area contributed by atoms with Gasteiger partial charge in [-0.1, -0.05) is 38.5 Å². The largest absolute Gasteiger partial charge is 0.480 e. The zero-order chi connectivity index (χ0) is 16.8. The molecule has 0 aliphatic rings. The first-order valence-corrected chi connectivity index (χ1v) is 7.88. The van der Waals surface area contributed by atoms with Gasteiger partial charge in [-0.3, -0.25) is 9.59 Å². The number of unbranched alkanes of at least 4 members (excludes halogenated alkanes) is 7. The second kappa shape index (κ2) is 13.1. The normalized spacial score (nSPS) is 11.5. The summed E-state index contributed by atoms with van der Waals surface area (Å²) in [6.07, 6.45) is 8.59. The molecule has 0 fully saturated rings.